The second-order valence-electron chi connectivity index (χ2n) is 4.70. The number of ether oxygens (including phenoxy) is 1. The molecule has 0 saturated heterocycles. The molecule has 0 radical (unpaired) electrons. The lowest BCUT2D eigenvalue weighted by Crippen LogP contribution is -2.00. The first-order valence-electron chi connectivity index (χ1n) is 6.51. The summed E-state index contributed by atoms with van der Waals surface area (Å²) in [4.78, 5) is 0. The standard InChI is InChI=1S/C17H17OP/c1-3-13(2)18-12-19-16-10-6-4-8-14(16)15-9-5-7-11-17(15)19/h3-11,13H,1,12H2,2H3/t13-/m1/s1. The Bertz CT molecular complexity index is 673. The Kier molecular flexibility index (Phi) is 3.42. The first-order valence-corrected chi connectivity index (χ1v) is 8.04. The van der Waals surface area contributed by atoms with E-state index in [1.165, 1.54) is 21.0 Å². The van der Waals surface area contributed by atoms with Gasteiger partial charge in [-0.05, 0) is 17.7 Å². The van der Waals surface area contributed by atoms with Crippen molar-refractivity contribution in [2.45, 2.75) is 19.4 Å². The molecule has 2 aromatic carbocycles. The molecule has 1 heterocycles. The Morgan fingerprint density at radius 2 is 1.58 bits per heavy atom. The molecule has 3 rings (SSSR count). The van der Waals surface area contributed by atoms with Crippen LogP contribution < -0.4 is 0 Å². The van der Waals surface area contributed by atoms with Crippen molar-refractivity contribution in [3.8, 4) is 0 Å². The van der Waals surface area contributed by atoms with Crippen molar-refractivity contribution in [1.29, 1.82) is 0 Å². The first-order chi connectivity index (χ1) is 9.31. The van der Waals surface area contributed by atoms with E-state index in [9.17, 15) is 0 Å². The highest BCUT2D eigenvalue weighted by Crippen LogP contribution is 2.49. The highest BCUT2D eigenvalue weighted by atomic mass is 31.1. The van der Waals surface area contributed by atoms with Crippen LogP contribution in [0, 0.1) is 0 Å². The lowest BCUT2D eigenvalue weighted by atomic mass is 10.2. The van der Waals surface area contributed by atoms with Gasteiger partial charge in [0.05, 0.1) is 12.5 Å². The van der Waals surface area contributed by atoms with Gasteiger partial charge in [-0.25, -0.2) is 0 Å². The average molecular weight is 268 g/mol. The average Bonchev–Trinajstić information content (AvgIpc) is 2.79. The van der Waals surface area contributed by atoms with E-state index in [1.54, 1.807) is 0 Å². The van der Waals surface area contributed by atoms with E-state index < -0.39 is 0 Å². The number of rotatable bonds is 4. The maximum Gasteiger partial charge on any atom is 0.0864 e. The summed E-state index contributed by atoms with van der Waals surface area (Å²) in [5.41, 5.74) is 0. The summed E-state index contributed by atoms with van der Waals surface area (Å²) in [7, 11) is -0.385. The molecule has 2 heteroatoms. The fraction of sp³-hybridized carbons (Fsp3) is 0.176. The van der Waals surface area contributed by atoms with E-state index in [2.05, 4.69) is 55.1 Å². The van der Waals surface area contributed by atoms with Gasteiger partial charge in [0.15, 0.2) is 0 Å². The quantitative estimate of drug-likeness (QED) is 0.565. The topological polar surface area (TPSA) is 9.23 Å². The fourth-order valence-electron chi connectivity index (χ4n) is 2.40. The second kappa shape index (κ2) is 5.21. The molecular formula is C17H17OP. The van der Waals surface area contributed by atoms with E-state index in [0.29, 0.717) is 0 Å². The normalized spacial score (nSPS) is 12.9. The minimum absolute atomic E-state index is 0.113. The first kappa shape index (κ1) is 12.5. The van der Waals surface area contributed by atoms with E-state index in [0.717, 1.165) is 6.35 Å². The zero-order valence-electron chi connectivity index (χ0n) is 11.0. The third-order valence-corrected chi connectivity index (χ3v) is 5.83. The monoisotopic (exact) mass is 268 g/mol. The molecule has 1 nitrogen and oxygen atoms in total. The summed E-state index contributed by atoms with van der Waals surface area (Å²) < 4.78 is 5.90. The summed E-state index contributed by atoms with van der Waals surface area (Å²) >= 11 is 0. The van der Waals surface area contributed by atoms with Crippen LogP contribution in [0.5, 0.6) is 0 Å². The Balaban J connectivity index is 2.16. The van der Waals surface area contributed by atoms with Crippen LogP contribution in [0.15, 0.2) is 61.2 Å². The van der Waals surface area contributed by atoms with E-state index >= 15 is 0 Å². The molecule has 96 valence electrons. The predicted molar refractivity (Wildman–Crippen MR) is 84.9 cm³/mol. The van der Waals surface area contributed by atoms with Gasteiger partial charge in [-0.1, -0.05) is 62.1 Å². The van der Waals surface area contributed by atoms with Gasteiger partial charge >= 0.3 is 0 Å². The van der Waals surface area contributed by atoms with E-state index in [4.69, 9.17) is 4.74 Å². The van der Waals surface area contributed by atoms with Crippen molar-refractivity contribution in [1.82, 2.24) is 0 Å². The molecule has 0 N–H and O–H groups in total. The zero-order chi connectivity index (χ0) is 13.2. The van der Waals surface area contributed by atoms with Crippen LogP contribution in [0.25, 0.3) is 21.0 Å². The van der Waals surface area contributed by atoms with Crippen molar-refractivity contribution >= 4 is 28.5 Å². The summed E-state index contributed by atoms with van der Waals surface area (Å²) in [5.74, 6) is 0. The van der Waals surface area contributed by atoms with Crippen LogP contribution in [0.3, 0.4) is 0 Å². The highest BCUT2D eigenvalue weighted by molar-refractivity contribution is 7.60. The SMILES string of the molecule is C=C[C@@H](C)OCp1c2ccccc2c2ccccc21. The van der Waals surface area contributed by atoms with Crippen molar-refractivity contribution in [3.63, 3.8) is 0 Å². The largest absolute Gasteiger partial charge is 0.366 e. The zero-order valence-corrected chi connectivity index (χ0v) is 11.9. The second-order valence-corrected chi connectivity index (χ2v) is 6.78. The van der Waals surface area contributed by atoms with Gasteiger partial charge in [-0.2, -0.15) is 0 Å². The van der Waals surface area contributed by atoms with Gasteiger partial charge in [0.1, 0.15) is 0 Å². The lowest BCUT2D eigenvalue weighted by molar-refractivity contribution is 0.109. The van der Waals surface area contributed by atoms with Crippen LogP contribution in [-0.2, 0) is 11.1 Å². The fourth-order valence-corrected chi connectivity index (χ4v) is 4.83. The Morgan fingerprint density at radius 3 is 2.11 bits per heavy atom. The smallest absolute Gasteiger partial charge is 0.0864 e. The number of benzene rings is 2. The van der Waals surface area contributed by atoms with Crippen LogP contribution in [0.2, 0.25) is 0 Å². The number of fused-ring (bicyclic) bond motifs is 3. The van der Waals surface area contributed by atoms with Gasteiger partial charge in [-0.15, -0.1) is 6.58 Å². The number of hydrogen-bond acceptors (Lipinski definition) is 1. The summed E-state index contributed by atoms with van der Waals surface area (Å²) in [5, 5.41) is 5.63. The molecule has 1 aromatic heterocycles. The summed E-state index contributed by atoms with van der Waals surface area (Å²) in [6.45, 7) is 5.81. The van der Waals surface area contributed by atoms with Gasteiger partial charge < -0.3 is 4.74 Å². The molecule has 0 aliphatic heterocycles. The molecule has 0 unspecified atom stereocenters. The molecule has 0 fully saturated rings. The predicted octanol–water partition coefficient (Wildman–Crippen LogP) is 5.53. The Morgan fingerprint density at radius 1 is 1.05 bits per heavy atom. The Labute approximate surface area is 114 Å². The summed E-state index contributed by atoms with van der Waals surface area (Å²) in [6.07, 6.45) is 2.74. The summed E-state index contributed by atoms with van der Waals surface area (Å²) in [6, 6.07) is 17.4. The van der Waals surface area contributed by atoms with E-state index in [1.807, 2.05) is 13.0 Å². The molecule has 0 saturated carbocycles. The lowest BCUT2D eigenvalue weighted by Gasteiger charge is -2.09. The maximum atomic E-state index is 5.90. The van der Waals surface area contributed by atoms with Crippen LogP contribution in [0.4, 0.5) is 0 Å². The highest BCUT2D eigenvalue weighted by Gasteiger charge is 2.11. The molecule has 0 amide bonds. The third-order valence-electron chi connectivity index (χ3n) is 3.48. The van der Waals surface area contributed by atoms with Crippen molar-refractivity contribution in [3.05, 3.63) is 61.2 Å². The molecule has 3 aromatic rings. The van der Waals surface area contributed by atoms with Gasteiger partial charge in [0.25, 0.3) is 0 Å². The molecular weight excluding hydrogens is 251 g/mol. The molecule has 1 atom stereocenters. The van der Waals surface area contributed by atoms with Crippen LogP contribution in [0.1, 0.15) is 6.92 Å². The Hall–Kier alpha value is -1.56. The molecule has 0 aliphatic carbocycles. The van der Waals surface area contributed by atoms with E-state index in [-0.39, 0.29) is 13.6 Å². The molecule has 19 heavy (non-hydrogen) atoms. The third kappa shape index (κ3) is 2.20. The van der Waals surface area contributed by atoms with Crippen molar-refractivity contribution in [2.24, 2.45) is 0 Å². The maximum absolute atomic E-state index is 5.90. The van der Waals surface area contributed by atoms with Gasteiger partial charge in [0, 0.05) is 10.2 Å². The van der Waals surface area contributed by atoms with Crippen LogP contribution >= 0.6 is 7.53 Å². The molecule has 0 spiro atoms. The van der Waals surface area contributed by atoms with Crippen molar-refractivity contribution in [2.75, 3.05) is 0 Å². The molecule has 0 bridgehead atoms. The number of hydrogen-bond donors (Lipinski definition) is 0. The van der Waals surface area contributed by atoms with Gasteiger partial charge in [-0.3, -0.25) is 0 Å². The minimum Gasteiger partial charge on any atom is -0.366 e. The van der Waals surface area contributed by atoms with Crippen molar-refractivity contribution < 1.29 is 4.74 Å². The minimum atomic E-state index is -0.385. The van der Waals surface area contributed by atoms with Crippen LogP contribution in [-0.4, -0.2) is 6.10 Å². The van der Waals surface area contributed by atoms with Gasteiger partial charge in [0.2, 0.25) is 0 Å². The molecule has 0 aliphatic rings.